The normalized spacial score (nSPS) is 20.5. The lowest BCUT2D eigenvalue weighted by molar-refractivity contribution is -0.138. The number of ketones is 1. The number of Topliss-reactive ketones (excluding diaryl/α,β-unsaturated/α-hetero) is 1. The minimum Gasteiger partial charge on any atom is -0.495 e. The smallest absolute Gasteiger partial charge is 0.289 e. The van der Waals surface area contributed by atoms with Crippen molar-refractivity contribution in [1.82, 2.24) is 5.32 Å². The first kappa shape index (κ1) is 15.5. The molecule has 0 radical (unpaired) electrons. The molecule has 1 N–H and O–H groups in total. The molecule has 3 rings (SSSR count). The Balaban J connectivity index is 1.78. The average Bonchev–Trinajstić information content (AvgIpc) is 3.33. The van der Waals surface area contributed by atoms with Crippen LogP contribution in [-0.2, 0) is 14.4 Å². The third-order valence-corrected chi connectivity index (χ3v) is 4.33. The van der Waals surface area contributed by atoms with Gasteiger partial charge < -0.3 is 10.1 Å². The van der Waals surface area contributed by atoms with E-state index in [9.17, 15) is 14.4 Å². The molecule has 0 bridgehead atoms. The van der Waals surface area contributed by atoms with Crippen molar-refractivity contribution >= 4 is 23.3 Å². The molecule has 0 aromatic heterocycles. The second kappa shape index (κ2) is 6.40. The maximum Gasteiger partial charge on any atom is 0.289 e. The van der Waals surface area contributed by atoms with Crippen LogP contribution >= 0.6 is 0 Å². The Kier molecular flexibility index (Phi) is 4.32. The first-order valence-electron chi connectivity index (χ1n) is 7.89. The number of hydrogen-bond donors (Lipinski definition) is 1. The zero-order chi connectivity index (χ0) is 16.4. The number of ether oxygens (including phenoxy) is 1. The van der Waals surface area contributed by atoms with Crippen LogP contribution in [-0.4, -0.2) is 37.3 Å². The van der Waals surface area contributed by atoms with Crippen LogP contribution in [0.25, 0.3) is 0 Å². The lowest BCUT2D eigenvalue weighted by Gasteiger charge is -2.25. The van der Waals surface area contributed by atoms with Gasteiger partial charge >= 0.3 is 0 Å². The highest BCUT2D eigenvalue weighted by atomic mass is 16.5. The van der Waals surface area contributed by atoms with E-state index in [4.69, 9.17) is 4.74 Å². The topological polar surface area (TPSA) is 75.7 Å². The zero-order valence-electron chi connectivity index (χ0n) is 13.1. The van der Waals surface area contributed by atoms with Crippen LogP contribution in [0.15, 0.2) is 24.3 Å². The fourth-order valence-electron chi connectivity index (χ4n) is 2.86. The maximum atomic E-state index is 12.5. The van der Waals surface area contributed by atoms with Gasteiger partial charge in [0, 0.05) is 13.0 Å². The van der Waals surface area contributed by atoms with E-state index in [2.05, 4.69) is 5.32 Å². The number of nitrogens with zero attached hydrogens (tertiary/aromatic N) is 1. The molecule has 122 valence electrons. The van der Waals surface area contributed by atoms with E-state index < -0.39 is 17.7 Å². The average molecular weight is 316 g/mol. The Morgan fingerprint density at radius 1 is 1.26 bits per heavy atom. The Morgan fingerprint density at radius 2 is 2.00 bits per heavy atom. The molecule has 1 saturated carbocycles. The molecule has 1 aliphatic heterocycles. The van der Waals surface area contributed by atoms with Crippen LogP contribution in [0.2, 0.25) is 0 Å². The van der Waals surface area contributed by atoms with Crippen molar-refractivity contribution in [3.8, 4) is 5.75 Å². The van der Waals surface area contributed by atoms with Crippen LogP contribution < -0.4 is 15.0 Å². The van der Waals surface area contributed by atoms with Crippen LogP contribution in [0.3, 0.4) is 0 Å². The predicted molar refractivity (Wildman–Crippen MR) is 84.2 cm³/mol. The van der Waals surface area contributed by atoms with Gasteiger partial charge in [0.1, 0.15) is 11.8 Å². The molecule has 0 unspecified atom stereocenters. The monoisotopic (exact) mass is 316 g/mol. The minimum absolute atomic E-state index is 0.164. The fraction of sp³-hybridized carbons (Fsp3) is 0.471. The second-order valence-electron chi connectivity index (χ2n) is 6.01. The molecule has 1 saturated heterocycles. The number of rotatable bonds is 6. The summed E-state index contributed by atoms with van der Waals surface area (Å²) >= 11 is 0. The third-order valence-electron chi connectivity index (χ3n) is 4.33. The lowest BCUT2D eigenvalue weighted by atomic mass is 10.1. The van der Waals surface area contributed by atoms with Crippen molar-refractivity contribution in [1.29, 1.82) is 0 Å². The number of para-hydroxylation sites is 2. The summed E-state index contributed by atoms with van der Waals surface area (Å²) in [6.07, 6.45) is 2.81. The van der Waals surface area contributed by atoms with Gasteiger partial charge in [0.2, 0.25) is 11.7 Å². The van der Waals surface area contributed by atoms with E-state index >= 15 is 0 Å². The van der Waals surface area contributed by atoms with Crippen molar-refractivity contribution in [3.63, 3.8) is 0 Å². The van der Waals surface area contributed by atoms with Crippen LogP contribution in [0, 0.1) is 5.92 Å². The standard InChI is InChI=1S/C17H20N2O4/c1-23-14-5-3-2-4-12(14)19-13(8-9-15(19)20)16(21)17(22)18-10-11-6-7-11/h2-5,11,13H,6-10H2,1H3,(H,18,22)/t13-/m0/s1. The summed E-state index contributed by atoms with van der Waals surface area (Å²) in [7, 11) is 1.51. The van der Waals surface area contributed by atoms with E-state index in [1.807, 2.05) is 0 Å². The van der Waals surface area contributed by atoms with Gasteiger partial charge in [-0.15, -0.1) is 0 Å². The van der Waals surface area contributed by atoms with E-state index in [-0.39, 0.29) is 12.3 Å². The summed E-state index contributed by atoms with van der Waals surface area (Å²) in [5, 5.41) is 2.68. The number of benzene rings is 1. The molecule has 1 atom stereocenters. The quantitative estimate of drug-likeness (QED) is 0.802. The van der Waals surface area contributed by atoms with E-state index in [1.54, 1.807) is 24.3 Å². The SMILES string of the molecule is COc1ccccc1N1C(=O)CC[C@H]1C(=O)C(=O)NCC1CC1. The van der Waals surface area contributed by atoms with Gasteiger partial charge in [0.15, 0.2) is 0 Å². The fourth-order valence-corrected chi connectivity index (χ4v) is 2.86. The van der Waals surface area contributed by atoms with Gasteiger partial charge in [-0.3, -0.25) is 19.3 Å². The van der Waals surface area contributed by atoms with Crippen LogP contribution in [0.4, 0.5) is 5.69 Å². The summed E-state index contributed by atoms with van der Waals surface area (Å²) < 4.78 is 5.28. The molecule has 2 aliphatic rings. The summed E-state index contributed by atoms with van der Waals surface area (Å²) in [4.78, 5) is 38.2. The Bertz CT molecular complexity index is 639. The molecule has 2 fully saturated rings. The highest BCUT2D eigenvalue weighted by Crippen LogP contribution is 2.34. The third kappa shape index (κ3) is 3.21. The molecule has 1 aliphatic carbocycles. The van der Waals surface area contributed by atoms with E-state index in [1.165, 1.54) is 12.0 Å². The second-order valence-corrected chi connectivity index (χ2v) is 6.01. The van der Waals surface area contributed by atoms with E-state index in [0.717, 1.165) is 12.8 Å². The number of amides is 2. The molecule has 1 aromatic rings. The lowest BCUT2D eigenvalue weighted by Crippen LogP contribution is -2.46. The summed E-state index contributed by atoms with van der Waals surface area (Å²) in [6, 6.07) is 6.28. The maximum absolute atomic E-state index is 12.5. The molecule has 0 spiro atoms. The minimum atomic E-state index is -0.752. The van der Waals surface area contributed by atoms with E-state index in [0.29, 0.717) is 30.3 Å². The molecule has 1 heterocycles. The van der Waals surface area contributed by atoms with Gasteiger partial charge in [-0.25, -0.2) is 0 Å². The Labute approximate surface area is 134 Å². The van der Waals surface area contributed by atoms with Crippen molar-refractivity contribution in [2.75, 3.05) is 18.6 Å². The Hall–Kier alpha value is -2.37. The Morgan fingerprint density at radius 3 is 2.70 bits per heavy atom. The molecule has 6 nitrogen and oxygen atoms in total. The van der Waals surface area contributed by atoms with Gasteiger partial charge in [0.25, 0.3) is 5.91 Å². The number of carbonyl (C=O) groups excluding carboxylic acids is 3. The van der Waals surface area contributed by atoms with Gasteiger partial charge in [-0.05, 0) is 37.3 Å². The highest BCUT2D eigenvalue weighted by molar-refractivity contribution is 6.39. The number of anilines is 1. The highest BCUT2D eigenvalue weighted by Gasteiger charge is 2.41. The van der Waals surface area contributed by atoms with Gasteiger partial charge in [0.05, 0.1) is 12.8 Å². The van der Waals surface area contributed by atoms with Crippen molar-refractivity contribution in [3.05, 3.63) is 24.3 Å². The molecule has 6 heteroatoms. The number of methoxy groups -OCH3 is 1. The molecular formula is C17H20N2O4. The molecular weight excluding hydrogens is 296 g/mol. The van der Waals surface area contributed by atoms with Crippen molar-refractivity contribution < 1.29 is 19.1 Å². The number of carbonyl (C=O) groups is 3. The first-order valence-corrected chi connectivity index (χ1v) is 7.89. The molecule has 1 aromatic carbocycles. The van der Waals surface area contributed by atoms with Crippen molar-refractivity contribution in [2.45, 2.75) is 31.7 Å². The van der Waals surface area contributed by atoms with Crippen LogP contribution in [0.5, 0.6) is 5.75 Å². The van der Waals surface area contributed by atoms with Gasteiger partial charge in [-0.1, -0.05) is 12.1 Å². The molecule has 23 heavy (non-hydrogen) atoms. The largest absolute Gasteiger partial charge is 0.495 e. The van der Waals surface area contributed by atoms with Crippen molar-refractivity contribution in [2.24, 2.45) is 5.92 Å². The predicted octanol–water partition coefficient (Wildman–Crippen LogP) is 1.29. The zero-order valence-corrected chi connectivity index (χ0v) is 13.1. The molecule has 2 amide bonds. The summed E-state index contributed by atoms with van der Waals surface area (Å²) in [5.41, 5.74) is 0.533. The summed E-state index contributed by atoms with van der Waals surface area (Å²) in [5.74, 6) is -0.303. The number of nitrogens with one attached hydrogen (secondary N) is 1. The first-order chi connectivity index (χ1) is 11.1. The van der Waals surface area contributed by atoms with Crippen LogP contribution in [0.1, 0.15) is 25.7 Å². The number of hydrogen-bond acceptors (Lipinski definition) is 4. The van der Waals surface area contributed by atoms with Gasteiger partial charge in [-0.2, -0.15) is 0 Å². The summed E-state index contributed by atoms with van der Waals surface area (Å²) in [6.45, 7) is 0.542.